The Kier molecular flexibility index (Phi) is 5.41. The summed E-state index contributed by atoms with van der Waals surface area (Å²) in [5.41, 5.74) is 5.97. The van der Waals surface area contributed by atoms with E-state index in [0.717, 1.165) is 34.5 Å². The van der Waals surface area contributed by atoms with Crippen LogP contribution in [-0.2, 0) is 10.0 Å². The van der Waals surface area contributed by atoms with Gasteiger partial charge in [-0.15, -0.1) is 0 Å². The lowest BCUT2D eigenvalue weighted by Crippen LogP contribution is -2.29. The molecule has 0 radical (unpaired) electrons. The van der Waals surface area contributed by atoms with Crippen molar-refractivity contribution in [1.82, 2.24) is 0 Å². The Morgan fingerprint density at radius 2 is 1.76 bits per heavy atom. The maximum atomic E-state index is 13.2. The summed E-state index contributed by atoms with van der Waals surface area (Å²) in [7, 11) is -2.03. The van der Waals surface area contributed by atoms with E-state index in [1.807, 2.05) is 50.2 Å². The highest BCUT2D eigenvalue weighted by Crippen LogP contribution is 2.50. The van der Waals surface area contributed by atoms with Crippen molar-refractivity contribution in [1.29, 1.82) is 0 Å². The maximum absolute atomic E-state index is 13.2. The lowest BCUT2D eigenvalue weighted by molar-refractivity contribution is 0.411. The molecule has 6 heteroatoms. The van der Waals surface area contributed by atoms with Crippen molar-refractivity contribution < 1.29 is 13.2 Å². The van der Waals surface area contributed by atoms with Crippen molar-refractivity contribution in [2.75, 3.05) is 17.1 Å². The second kappa shape index (κ2) is 8.27. The molecule has 3 aromatic carbocycles. The molecule has 2 aliphatic rings. The summed E-state index contributed by atoms with van der Waals surface area (Å²) in [5, 5.41) is 3.67. The van der Waals surface area contributed by atoms with Crippen LogP contribution >= 0.6 is 0 Å². The molecule has 0 fully saturated rings. The number of hydrogen-bond acceptors (Lipinski definition) is 4. The molecule has 0 saturated carbocycles. The zero-order valence-corrected chi connectivity index (χ0v) is 19.8. The number of allylic oxidation sites excluding steroid dienone is 2. The van der Waals surface area contributed by atoms with Crippen LogP contribution in [0.2, 0.25) is 0 Å². The van der Waals surface area contributed by atoms with Crippen LogP contribution in [0.3, 0.4) is 0 Å². The number of anilines is 2. The van der Waals surface area contributed by atoms with Crippen LogP contribution in [0.25, 0.3) is 0 Å². The Labute approximate surface area is 195 Å². The minimum Gasteiger partial charge on any atom is -0.497 e. The van der Waals surface area contributed by atoms with Crippen LogP contribution < -0.4 is 14.8 Å². The van der Waals surface area contributed by atoms with Crippen LogP contribution in [-0.4, -0.2) is 15.5 Å². The zero-order valence-electron chi connectivity index (χ0n) is 19.0. The molecule has 0 spiro atoms. The van der Waals surface area contributed by atoms with Gasteiger partial charge < -0.3 is 10.1 Å². The van der Waals surface area contributed by atoms with Gasteiger partial charge in [-0.3, -0.25) is 4.72 Å². The summed E-state index contributed by atoms with van der Waals surface area (Å²) in [5.74, 6) is 1.34. The predicted octanol–water partition coefficient (Wildman–Crippen LogP) is 5.94. The van der Waals surface area contributed by atoms with Gasteiger partial charge in [-0.05, 0) is 90.9 Å². The number of nitrogens with one attached hydrogen (secondary N) is 2. The molecule has 0 amide bonds. The fourth-order valence-corrected chi connectivity index (χ4v) is 5.98. The van der Waals surface area contributed by atoms with Gasteiger partial charge in [0.25, 0.3) is 10.0 Å². The Bertz CT molecular complexity index is 1330. The molecule has 2 N–H and O–H groups in total. The van der Waals surface area contributed by atoms with Gasteiger partial charge >= 0.3 is 0 Å². The second-order valence-electron chi connectivity index (χ2n) is 8.90. The Hall–Kier alpha value is -3.25. The van der Waals surface area contributed by atoms with Crippen molar-refractivity contribution in [2.45, 2.75) is 37.1 Å². The molecule has 0 saturated heterocycles. The summed E-state index contributed by atoms with van der Waals surface area (Å²) in [6.07, 6.45) is 5.37. The van der Waals surface area contributed by atoms with E-state index in [-0.39, 0.29) is 16.9 Å². The average Bonchev–Trinajstić information content (AvgIpc) is 3.31. The van der Waals surface area contributed by atoms with E-state index >= 15 is 0 Å². The molecule has 5 rings (SSSR count). The largest absolute Gasteiger partial charge is 0.497 e. The van der Waals surface area contributed by atoms with Crippen LogP contribution in [0.15, 0.2) is 77.7 Å². The summed E-state index contributed by atoms with van der Waals surface area (Å²) < 4.78 is 34.4. The van der Waals surface area contributed by atoms with Gasteiger partial charge in [0.1, 0.15) is 5.75 Å². The monoisotopic (exact) mass is 460 g/mol. The van der Waals surface area contributed by atoms with E-state index < -0.39 is 10.0 Å². The van der Waals surface area contributed by atoms with Crippen molar-refractivity contribution >= 4 is 21.4 Å². The maximum Gasteiger partial charge on any atom is 0.261 e. The van der Waals surface area contributed by atoms with Gasteiger partial charge in [0.15, 0.2) is 0 Å². The number of rotatable bonds is 5. The molecule has 1 aliphatic carbocycles. The molecule has 5 nitrogen and oxygen atoms in total. The van der Waals surface area contributed by atoms with Crippen LogP contribution in [0, 0.1) is 19.8 Å². The number of aryl methyl sites for hydroxylation is 2. The number of benzene rings is 3. The van der Waals surface area contributed by atoms with Crippen molar-refractivity contribution in [2.24, 2.45) is 5.92 Å². The summed E-state index contributed by atoms with van der Waals surface area (Å²) in [4.78, 5) is 0.281. The number of hydrogen-bond donors (Lipinski definition) is 2. The van der Waals surface area contributed by atoms with Gasteiger partial charge in [-0.25, -0.2) is 8.42 Å². The smallest absolute Gasteiger partial charge is 0.261 e. The minimum atomic E-state index is -3.69. The summed E-state index contributed by atoms with van der Waals surface area (Å²) in [6, 6.07) is 19.3. The molecule has 0 aromatic heterocycles. The van der Waals surface area contributed by atoms with Crippen molar-refractivity contribution in [3.05, 3.63) is 95.1 Å². The van der Waals surface area contributed by atoms with E-state index in [1.165, 1.54) is 5.56 Å². The number of methoxy groups -OCH3 is 1. The van der Waals surface area contributed by atoms with E-state index in [1.54, 1.807) is 19.2 Å². The zero-order chi connectivity index (χ0) is 23.2. The van der Waals surface area contributed by atoms with E-state index in [2.05, 4.69) is 34.3 Å². The third-order valence-electron chi connectivity index (χ3n) is 6.88. The fraction of sp³-hybridized carbons (Fsp3) is 0.259. The van der Waals surface area contributed by atoms with Gasteiger partial charge in [-0.2, -0.15) is 0 Å². The minimum absolute atomic E-state index is 0.152. The second-order valence-corrected chi connectivity index (χ2v) is 10.6. The highest BCUT2D eigenvalue weighted by atomic mass is 32.2. The third kappa shape index (κ3) is 4.00. The molecule has 0 bridgehead atoms. The van der Waals surface area contributed by atoms with Crippen molar-refractivity contribution in [3.8, 4) is 5.75 Å². The van der Waals surface area contributed by atoms with Crippen LogP contribution in [0.4, 0.5) is 11.4 Å². The van der Waals surface area contributed by atoms with E-state index in [0.29, 0.717) is 11.6 Å². The van der Waals surface area contributed by atoms with Gasteiger partial charge in [0.2, 0.25) is 0 Å². The first-order valence-electron chi connectivity index (χ1n) is 11.2. The molecule has 3 atom stereocenters. The molecule has 170 valence electrons. The Balaban J connectivity index is 1.46. The number of ether oxygens (including phenoxy) is 1. The topological polar surface area (TPSA) is 67.4 Å². The van der Waals surface area contributed by atoms with Crippen molar-refractivity contribution in [3.63, 3.8) is 0 Å². The first-order valence-corrected chi connectivity index (χ1v) is 12.7. The molecule has 1 aliphatic heterocycles. The Morgan fingerprint density at radius 1 is 0.970 bits per heavy atom. The number of fused-ring (bicyclic) bond motifs is 3. The quantitative estimate of drug-likeness (QED) is 0.463. The van der Waals surface area contributed by atoms with Crippen LogP contribution in [0.1, 0.15) is 40.6 Å². The van der Waals surface area contributed by atoms with Gasteiger partial charge in [-0.1, -0.05) is 30.4 Å². The molecule has 3 aromatic rings. The summed E-state index contributed by atoms with van der Waals surface area (Å²) in [6.45, 7) is 3.98. The SMILES string of the molecule is COc1ccc([C@@H]2Nc3ccc(S(=O)(=O)Nc4ccc(C)c(C)c4)cc3[C@H]3C=CC[C@H]32)cc1. The molecule has 0 unspecified atom stereocenters. The van der Waals surface area contributed by atoms with Crippen LogP contribution in [0.5, 0.6) is 5.75 Å². The predicted molar refractivity (Wildman–Crippen MR) is 133 cm³/mol. The first kappa shape index (κ1) is 21.6. The van der Waals surface area contributed by atoms with E-state index in [4.69, 9.17) is 4.74 Å². The molecular formula is C27H28N2O3S. The number of sulfonamides is 1. The Morgan fingerprint density at radius 3 is 2.48 bits per heavy atom. The highest BCUT2D eigenvalue weighted by Gasteiger charge is 2.38. The molecular weight excluding hydrogens is 432 g/mol. The molecule has 1 heterocycles. The lowest BCUT2D eigenvalue weighted by atomic mass is 9.77. The molecule has 33 heavy (non-hydrogen) atoms. The summed E-state index contributed by atoms with van der Waals surface area (Å²) >= 11 is 0. The highest BCUT2D eigenvalue weighted by molar-refractivity contribution is 7.92. The lowest BCUT2D eigenvalue weighted by Gasteiger charge is -2.37. The average molecular weight is 461 g/mol. The van der Waals surface area contributed by atoms with E-state index in [9.17, 15) is 8.42 Å². The third-order valence-corrected chi connectivity index (χ3v) is 8.26. The first-order chi connectivity index (χ1) is 15.9. The van der Waals surface area contributed by atoms with Gasteiger partial charge in [0.05, 0.1) is 18.0 Å². The van der Waals surface area contributed by atoms with Gasteiger partial charge in [0, 0.05) is 17.3 Å². The fourth-order valence-electron chi connectivity index (χ4n) is 4.90. The standard InChI is InChI=1S/C27H28N2O3S/c1-17-7-10-20(15-18(17)2)29-33(30,31)22-13-14-26-25(16-22)23-5-4-6-24(23)27(28-26)19-8-11-21(32-3)12-9-19/h4-5,7-16,23-24,27-29H,6H2,1-3H3/t23-,24+,27-/m0/s1. The normalized spacial score (nSPS) is 21.1.